The molecule has 124 valence electrons. The van der Waals surface area contributed by atoms with Crippen LogP contribution in [0, 0.1) is 0 Å². The molecule has 0 bridgehead atoms. The van der Waals surface area contributed by atoms with Crippen molar-refractivity contribution in [3.63, 3.8) is 0 Å². The predicted molar refractivity (Wildman–Crippen MR) is 94.9 cm³/mol. The van der Waals surface area contributed by atoms with Gasteiger partial charge >= 0.3 is 0 Å². The van der Waals surface area contributed by atoms with Crippen molar-refractivity contribution < 1.29 is 9.84 Å². The number of aromatic hydroxyl groups is 1. The van der Waals surface area contributed by atoms with Gasteiger partial charge in [0.15, 0.2) is 0 Å². The van der Waals surface area contributed by atoms with Crippen LogP contribution >= 0.6 is 11.6 Å². The highest BCUT2D eigenvalue weighted by molar-refractivity contribution is 6.30. The lowest BCUT2D eigenvalue weighted by molar-refractivity contribution is 0.0605. The number of para-hydroxylation sites is 1. The quantitative estimate of drug-likeness (QED) is 0.763. The first-order valence-corrected chi connectivity index (χ1v) is 8.29. The van der Waals surface area contributed by atoms with Crippen LogP contribution in [-0.2, 0) is 11.3 Å². The molecule has 1 unspecified atom stereocenters. The summed E-state index contributed by atoms with van der Waals surface area (Å²) in [5.41, 5.74) is 2.04. The number of hydrogen-bond acceptors (Lipinski definition) is 3. The van der Waals surface area contributed by atoms with E-state index in [0.717, 1.165) is 35.7 Å². The van der Waals surface area contributed by atoms with E-state index in [1.54, 1.807) is 13.2 Å². The second-order valence-electron chi connectivity index (χ2n) is 5.64. The van der Waals surface area contributed by atoms with Gasteiger partial charge in [-0.05, 0) is 36.7 Å². The van der Waals surface area contributed by atoms with Crippen LogP contribution in [0.3, 0.4) is 0 Å². The van der Waals surface area contributed by atoms with Crippen LogP contribution < -0.4 is 0 Å². The van der Waals surface area contributed by atoms with E-state index < -0.39 is 0 Å². The van der Waals surface area contributed by atoms with E-state index in [-0.39, 0.29) is 6.10 Å². The topological polar surface area (TPSA) is 32.7 Å². The number of nitrogens with zero attached hydrogens (tertiary/aromatic N) is 1. The SMILES string of the molecule is CCCN(Cc1ccccc1O)CC(OC)c1ccc(Cl)cc1. The van der Waals surface area contributed by atoms with E-state index in [1.165, 1.54) is 0 Å². The lowest BCUT2D eigenvalue weighted by atomic mass is 10.1. The van der Waals surface area contributed by atoms with Crippen molar-refractivity contribution in [3.8, 4) is 5.75 Å². The molecule has 1 N–H and O–H groups in total. The molecular weight excluding hydrogens is 310 g/mol. The van der Waals surface area contributed by atoms with Crippen LogP contribution in [0.25, 0.3) is 0 Å². The maximum atomic E-state index is 9.99. The van der Waals surface area contributed by atoms with Crippen molar-refractivity contribution in [2.45, 2.75) is 26.0 Å². The van der Waals surface area contributed by atoms with E-state index in [1.807, 2.05) is 42.5 Å². The minimum atomic E-state index is -0.0235. The molecule has 23 heavy (non-hydrogen) atoms. The standard InChI is InChI=1S/C19H24ClNO2/c1-3-12-21(13-16-6-4-5-7-18(16)22)14-19(23-2)15-8-10-17(20)11-9-15/h4-11,19,22H,3,12-14H2,1-2H3. The second kappa shape index (κ2) is 8.92. The molecule has 0 aromatic heterocycles. The van der Waals surface area contributed by atoms with E-state index in [0.29, 0.717) is 12.3 Å². The maximum Gasteiger partial charge on any atom is 0.120 e. The molecule has 0 fully saturated rings. The van der Waals surface area contributed by atoms with Crippen molar-refractivity contribution in [1.29, 1.82) is 0 Å². The summed E-state index contributed by atoms with van der Waals surface area (Å²) in [5, 5.41) is 10.7. The molecule has 2 rings (SSSR count). The molecule has 0 saturated heterocycles. The van der Waals surface area contributed by atoms with Gasteiger partial charge in [0.05, 0.1) is 6.10 Å². The van der Waals surface area contributed by atoms with Gasteiger partial charge in [-0.1, -0.05) is 48.9 Å². The van der Waals surface area contributed by atoms with Gasteiger partial charge in [-0.25, -0.2) is 0 Å². The van der Waals surface area contributed by atoms with Crippen LogP contribution in [0.2, 0.25) is 5.02 Å². The third kappa shape index (κ3) is 5.24. The van der Waals surface area contributed by atoms with Crippen LogP contribution in [0.15, 0.2) is 48.5 Å². The molecular formula is C19H24ClNO2. The van der Waals surface area contributed by atoms with Gasteiger partial charge in [-0.3, -0.25) is 4.90 Å². The fourth-order valence-electron chi connectivity index (χ4n) is 2.66. The highest BCUT2D eigenvalue weighted by Gasteiger charge is 2.16. The highest BCUT2D eigenvalue weighted by atomic mass is 35.5. The van der Waals surface area contributed by atoms with Crippen LogP contribution in [0.5, 0.6) is 5.75 Å². The third-order valence-corrected chi connectivity index (χ3v) is 4.13. The summed E-state index contributed by atoms with van der Waals surface area (Å²) in [6.07, 6.45) is 1.02. The van der Waals surface area contributed by atoms with Crippen molar-refractivity contribution in [2.75, 3.05) is 20.2 Å². The lowest BCUT2D eigenvalue weighted by Gasteiger charge is -2.27. The highest BCUT2D eigenvalue weighted by Crippen LogP contribution is 2.23. The van der Waals surface area contributed by atoms with Gasteiger partial charge in [-0.2, -0.15) is 0 Å². The van der Waals surface area contributed by atoms with Gasteiger partial charge in [0.2, 0.25) is 0 Å². The van der Waals surface area contributed by atoms with Crippen molar-refractivity contribution in [3.05, 3.63) is 64.7 Å². The fourth-order valence-corrected chi connectivity index (χ4v) is 2.79. The fraction of sp³-hybridized carbons (Fsp3) is 0.368. The van der Waals surface area contributed by atoms with Gasteiger partial charge in [0.1, 0.15) is 5.75 Å². The molecule has 0 saturated carbocycles. The maximum absolute atomic E-state index is 9.99. The Hall–Kier alpha value is -1.55. The van der Waals surface area contributed by atoms with Crippen LogP contribution in [-0.4, -0.2) is 30.2 Å². The normalized spacial score (nSPS) is 12.5. The molecule has 4 heteroatoms. The zero-order chi connectivity index (χ0) is 16.7. The Morgan fingerprint density at radius 3 is 2.43 bits per heavy atom. The van der Waals surface area contributed by atoms with E-state index in [4.69, 9.17) is 16.3 Å². The zero-order valence-electron chi connectivity index (χ0n) is 13.7. The molecule has 1 atom stereocenters. The number of phenolic OH excluding ortho intramolecular Hbond substituents is 1. The monoisotopic (exact) mass is 333 g/mol. The lowest BCUT2D eigenvalue weighted by Crippen LogP contribution is -2.30. The second-order valence-corrected chi connectivity index (χ2v) is 6.08. The number of ether oxygens (including phenoxy) is 1. The Balaban J connectivity index is 2.10. The van der Waals surface area contributed by atoms with E-state index in [2.05, 4.69) is 11.8 Å². The van der Waals surface area contributed by atoms with Crippen LogP contribution in [0.1, 0.15) is 30.6 Å². The number of halogens is 1. The molecule has 2 aromatic carbocycles. The smallest absolute Gasteiger partial charge is 0.120 e. The van der Waals surface area contributed by atoms with Crippen LogP contribution in [0.4, 0.5) is 0 Å². The van der Waals surface area contributed by atoms with Gasteiger partial charge in [-0.15, -0.1) is 0 Å². The number of rotatable bonds is 8. The van der Waals surface area contributed by atoms with Crippen molar-refractivity contribution >= 4 is 11.6 Å². The largest absolute Gasteiger partial charge is 0.508 e. The van der Waals surface area contributed by atoms with E-state index in [9.17, 15) is 5.11 Å². The first-order chi connectivity index (χ1) is 11.1. The van der Waals surface area contributed by atoms with Crippen molar-refractivity contribution in [1.82, 2.24) is 4.90 Å². The first kappa shape index (κ1) is 17.8. The molecule has 0 radical (unpaired) electrons. The Labute approximate surface area is 143 Å². The predicted octanol–water partition coefficient (Wildman–Crippen LogP) is 4.65. The van der Waals surface area contributed by atoms with Crippen molar-refractivity contribution in [2.24, 2.45) is 0 Å². The molecule has 2 aromatic rings. The number of phenols is 1. The van der Waals surface area contributed by atoms with Gasteiger partial charge in [0.25, 0.3) is 0 Å². The summed E-state index contributed by atoms with van der Waals surface area (Å²) in [6, 6.07) is 15.3. The molecule has 0 aliphatic rings. The molecule has 0 heterocycles. The van der Waals surface area contributed by atoms with E-state index >= 15 is 0 Å². The third-order valence-electron chi connectivity index (χ3n) is 3.88. The average molecular weight is 334 g/mol. The number of benzene rings is 2. The molecule has 0 aliphatic carbocycles. The summed E-state index contributed by atoms with van der Waals surface area (Å²) in [4.78, 5) is 2.30. The summed E-state index contributed by atoms with van der Waals surface area (Å²) in [7, 11) is 1.73. The minimum Gasteiger partial charge on any atom is -0.508 e. The summed E-state index contributed by atoms with van der Waals surface area (Å²) in [6.45, 7) is 4.57. The Kier molecular flexibility index (Phi) is 6.90. The summed E-state index contributed by atoms with van der Waals surface area (Å²) < 4.78 is 5.67. The average Bonchev–Trinajstić information content (AvgIpc) is 2.55. The Bertz CT molecular complexity index is 601. The molecule has 3 nitrogen and oxygen atoms in total. The number of methoxy groups -OCH3 is 1. The summed E-state index contributed by atoms with van der Waals surface area (Å²) in [5.74, 6) is 0.342. The minimum absolute atomic E-state index is 0.0235. The molecule has 0 spiro atoms. The Morgan fingerprint density at radius 2 is 1.83 bits per heavy atom. The van der Waals surface area contributed by atoms with Gasteiger partial charge < -0.3 is 9.84 Å². The van der Waals surface area contributed by atoms with Gasteiger partial charge in [0, 0.05) is 30.8 Å². The molecule has 0 aliphatic heterocycles. The number of hydrogen-bond donors (Lipinski definition) is 1. The first-order valence-electron chi connectivity index (χ1n) is 7.91. The summed E-state index contributed by atoms with van der Waals surface area (Å²) >= 11 is 5.96. The Morgan fingerprint density at radius 1 is 1.13 bits per heavy atom. The molecule has 0 amide bonds. The zero-order valence-corrected chi connectivity index (χ0v) is 14.5.